The van der Waals surface area contributed by atoms with Crippen molar-refractivity contribution >= 4 is 65.2 Å². The van der Waals surface area contributed by atoms with Crippen LogP contribution in [0.2, 0.25) is 0 Å². The van der Waals surface area contributed by atoms with E-state index in [1.807, 2.05) is 0 Å². The highest BCUT2D eigenvalue weighted by atomic mass is 15.0. The first-order valence-electron chi connectivity index (χ1n) is 20.1. The number of hydrogen-bond donors (Lipinski definition) is 0. The van der Waals surface area contributed by atoms with E-state index in [0.717, 1.165) is 0 Å². The maximum absolute atomic E-state index is 2.48. The van der Waals surface area contributed by atoms with Crippen LogP contribution in [0.5, 0.6) is 0 Å². The van der Waals surface area contributed by atoms with Crippen molar-refractivity contribution in [3.63, 3.8) is 0 Å². The molecule has 12 aromatic rings. The van der Waals surface area contributed by atoms with E-state index in [9.17, 15) is 0 Å². The molecule has 0 saturated heterocycles. The van der Waals surface area contributed by atoms with Crippen molar-refractivity contribution in [3.05, 3.63) is 206 Å². The van der Waals surface area contributed by atoms with Gasteiger partial charge >= 0.3 is 0 Å². The molecule has 2 nitrogen and oxygen atoms in total. The SMILES string of the molecule is c1ccc(-n2c3ccccc3c3cc(-c4ccc5c(c4)c4ccccc4n5-c4ccc5c6c(cccc46)-c4cc(-c6cccc7ccccc67)ccc4-5)ccc32)cc1. The largest absolute Gasteiger partial charge is 0.309 e. The molecule has 0 atom stereocenters. The van der Waals surface area contributed by atoms with E-state index in [0.29, 0.717) is 0 Å². The van der Waals surface area contributed by atoms with Crippen molar-refractivity contribution in [2.45, 2.75) is 0 Å². The van der Waals surface area contributed by atoms with Gasteiger partial charge in [-0.1, -0.05) is 146 Å². The lowest BCUT2D eigenvalue weighted by Crippen LogP contribution is -1.95. The van der Waals surface area contributed by atoms with Gasteiger partial charge in [-0.3, -0.25) is 0 Å². The molecule has 0 amide bonds. The van der Waals surface area contributed by atoms with E-state index in [4.69, 9.17) is 0 Å². The highest BCUT2D eigenvalue weighted by Crippen LogP contribution is 2.50. The first kappa shape index (κ1) is 31.5. The summed E-state index contributed by atoms with van der Waals surface area (Å²) in [7, 11) is 0. The molecule has 0 bridgehead atoms. The van der Waals surface area contributed by atoms with E-state index in [-0.39, 0.29) is 0 Å². The van der Waals surface area contributed by atoms with Crippen LogP contribution in [-0.2, 0) is 0 Å². The van der Waals surface area contributed by atoms with Gasteiger partial charge in [-0.25, -0.2) is 0 Å². The molecule has 0 N–H and O–H groups in total. The summed E-state index contributed by atoms with van der Waals surface area (Å²) < 4.78 is 4.87. The lowest BCUT2D eigenvalue weighted by atomic mass is 9.94. The maximum Gasteiger partial charge on any atom is 0.0541 e. The van der Waals surface area contributed by atoms with Gasteiger partial charge in [-0.05, 0) is 121 Å². The summed E-state index contributed by atoms with van der Waals surface area (Å²) in [5.41, 5.74) is 17.4. The van der Waals surface area contributed by atoms with E-state index in [1.165, 1.54) is 121 Å². The predicted octanol–water partition coefficient (Wildman–Crippen LogP) is 15.2. The number of aromatic nitrogens is 2. The first-order chi connectivity index (χ1) is 28.8. The topological polar surface area (TPSA) is 9.86 Å². The van der Waals surface area contributed by atoms with Gasteiger partial charge in [-0.2, -0.15) is 0 Å². The van der Waals surface area contributed by atoms with Gasteiger partial charge in [0.05, 0.1) is 27.8 Å². The highest BCUT2D eigenvalue weighted by molar-refractivity contribution is 6.20. The van der Waals surface area contributed by atoms with Gasteiger partial charge in [0.15, 0.2) is 0 Å². The second-order valence-corrected chi connectivity index (χ2v) is 15.7. The van der Waals surface area contributed by atoms with Crippen molar-refractivity contribution in [2.24, 2.45) is 0 Å². The fourth-order valence-corrected chi connectivity index (χ4v) is 10.1. The Hall–Kier alpha value is -7.68. The minimum absolute atomic E-state index is 1.17. The summed E-state index contributed by atoms with van der Waals surface area (Å²) in [4.78, 5) is 0. The molecule has 1 aliphatic rings. The van der Waals surface area contributed by atoms with Crippen LogP contribution in [0.1, 0.15) is 0 Å². The van der Waals surface area contributed by atoms with Crippen molar-refractivity contribution in [1.82, 2.24) is 9.13 Å². The molecule has 2 aromatic heterocycles. The maximum atomic E-state index is 2.48. The molecule has 0 fully saturated rings. The molecule has 0 aliphatic heterocycles. The van der Waals surface area contributed by atoms with Crippen LogP contribution in [0.25, 0.3) is 121 Å². The van der Waals surface area contributed by atoms with Gasteiger partial charge < -0.3 is 9.13 Å². The summed E-state index contributed by atoms with van der Waals surface area (Å²) >= 11 is 0. The minimum Gasteiger partial charge on any atom is -0.309 e. The molecule has 0 spiro atoms. The zero-order valence-corrected chi connectivity index (χ0v) is 31.5. The lowest BCUT2D eigenvalue weighted by Gasteiger charge is -2.13. The summed E-state index contributed by atoms with van der Waals surface area (Å²) in [5, 5.41) is 10.2. The number of rotatable bonds is 4. The van der Waals surface area contributed by atoms with E-state index in [2.05, 4.69) is 215 Å². The Bertz CT molecular complexity index is 3670. The van der Waals surface area contributed by atoms with Gasteiger partial charge in [-0.15, -0.1) is 0 Å². The Kier molecular flexibility index (Phi) is 6.47. The number of fused-ring (bicyclic) bond motifs is 10. The van der Waals surface area contributed by atoms with Gasteiger partial charge in [0.25, 0.3) is 0 Å². The molecule has 0 unspecified atom stereocenters. The van der Waals surface area contributed by atoms with Crippen LogP contribution >= 0.6 is 0 Å². The third-order valence-electron chi connectivity index (χ3n) is 12.7. The van der Waals surface area contributed by atoms with Crippen LogP contribution in [0.3, 0.4) is 0 Å². The Morgan fingerprint density at radius 3 is 1.57 bits per heavy atom. The standard InChI is InChI=1S/C56H34N2/c1-2-14-39(15-3-1)57-51-22-8-6-17-43(51)49-32-36(25-29-54(49)57)37-26-30-55-50(33-37)44-18-7-9-23-52(44)58(55)53-31-28-46-42-27-24-38(34-48(42)45-20-11-21-47(53)56(45)46)41-19-10-13-35-12-4-5-16-40(35)41/h1-34H. The number of hydrogen-bond acceptors (Lipinski definition) is 0. The van der Waals surface area contributed by atoms with Crippen LogP contribution in [-0.4, -0.2) is 9.13 Å². The molecular formula is C56H34N2. The zero-order valence-electron chi connectivity index (χ0n) is 31.5. The Labute approximate surface area is 335 Å². The molecule has 58 heavy (non-hydrogen) atoms. The highest BCUT2D eigenvalue weighted by Gasteiger charge is 2.25. The molecule has 2 heteroatoms. The van der Waals surface area contributed by atoms with Gasteiger partial charge in [0.2, 0.25) is 0 Å². The van der Waals surface area contributed by atoms with Gasteiger partial charge in [0.1, 0.15) is 0 Å². The summed E-state index contributed by atoms with van der Waals surface area (Å²) in [6.07, 6.45) is 0. The smallest absolute Gasteiger partial charge is 0.0541 e. The Morgan fingerprint density at radius 1 is 0.259 bits per heavy atom. The first-order valence-corrected chi connectivity index (χ1v) is 20.1. The van der Waals surface area contributed by atoms with Crippen molar-refractivity contribution < 1.29 is 0 Å². The second kappa shape index (κ2) is 11.9. The monoisotopic (exact) mass is 734 g/mol. The van der Waals surface area contributed by atoms with E-state index < -0.39 is 0 Å². The molecule has 1 aliphatic carbocycles. The quantitative estimate of drug-likeness (QED) is 0.170. The van der Waals surface area contributed by atoms with Gasteiger partial charge in [0, 0.05) is 32.6 Å². The molecule has 13 rings (SSSR count). The van der Waals surface area contributed by atoms with E-state index >= 15 is 0 Å². The molecule has 10 aromatic carbocycles. The molecular weight excluding hydrogens is 701 g/mol. The predicted molar refractivity (Wildman–Crippen MR) is 245 cm³/mol. The van der Waals surface area contributed by atoms with Crippen LogP contribution < -0.4 is 0 Å². The van der Waals surface area contributed by atoms with Crippen LogP contribution in [0.15, 0.2) is 206 Å². The second-order valence-electron chi connectivity index (χ2n) is 15.7. The fourth-order valence-electron chi connectivity index (χ4n) is 10.1. The van der Waals surface area contributed by atoms with Crippen molar-refractivity contribution in [2.75, 3.05) is 0 Å². The average Bonchev–Trinajstić information content (AvgIpc) is 3.92. The van der Waals surface area contributed by atoms with Crippen LogP contribution in [0.4, 0.5) is 0 Å². The summed E-state index contributed by atoms with van der Waals surface area (Å²) in [6, 6.07) is 76.2. The third-order valence-corrected chi connectivity index (χ3v) is 12.7. The average molecular weight is 735 g/mol. The fraction of sp³-hybridized carbons (Fsp3) is 0. The molecule has 2 heterocycles. The zero-order chi connectivity index (χ0) is 37.9. The molecule has 268 valence electrons. The lowest BCUT2D eigenvalue weighted by molar-refractivity contribution is 1.18. The normalized spacial score (nSPS) is 12.1. The summed E-state index contributed by atoms with van der Waals surface area (Å²) in [5.74, 6) is 0. The minimum atomic E-state index is 1.17. The van der Waals surface area contributed by atoms with E-state index in [1.54, 1.807) is 0 Å². The van der Waals surface area contributed by atoms with Crippen molar-refractivity contribution in [3.8, 4) is 55.9 Å². The van der Waals surface area contributed by atoms with Crippen molar-refractivity contribution in [1.29, 1.82) is 0 Å². The Morgan fingerprint density at radius 2 is 0.793 bits per heavy atom. The molecule has 0 saturated carbocycles. The van der Waals surface area contributed by atoms with Crippen LogP contribution in [0, 0.1) is 0 Å². The molecule has 0 radical (unpaired) electrons. The third kappa shape index (κ3) is 4.37. The Balaban J connectivity index is 0.971. The summed E-state index contributed by atoms with van der Waals surface area (Å²) in [6.45, 7) is 0. The number of para-hydroxylation sites is 3. The number of benzene rings is 10. The number of nitrogens with zero attached hydrogens (tertiary/aromatic N) is 2.